The summed E-state index contributed by atoms with van der Waals surface area (Å²) in [6.07, 6.45) is -4.08. The Hall–Kier alpha value is -1.56. The Morgan fingerprint density at radius 2 is 1.91 bits per heavy atom. The minimum Gasteiger partial charge on any atom is -0.366 e. The highest BCUT2D eigenvalue weighted by Crippen LogP contribution is 2.44. The van der Waals surface area contributed by atoms with Crippen LogP contribution >= 0.6 is 0 Å². The Morgan fingerprint density at radius 3 is 2.43 bits per heavy atom. The molecule has 1 fully saturated rings. The van der Waals surface area contributed by atoms with Crippen LogP contribution in [0.5, 0.6) is 0 Å². The molecular weight excluding hydrogens is 305 g/mol. The zero-order valence-electron chi connectivity index (χ0n) is 13.7. The van der Waals surface area contributed by atoms with Crippen LogP contribution < -0.4 is 5.73 Å². The molecule has 0 radical (unpaired) electrons. The van der Waals surface area contributed by atoms with Crippen molar-refractivity contribution in [3.05, 3.63) is 35.4 Å². The molecule has 2 N–H and O–H groups in total. The average molecular weight is 328 g/mol. The van der Waals surface area contributed by atoms with Crippen molar-refractivity contribution in [2.24, 2.45) is 11.7 Å². The maximum Gasteiger partial charge on any atom is 0.391 e. The van der Waals surface area contributed by atoms with E-state index in [1.54, 1.807) is 24.3 Å². The Kier molecular flexibility index (Phi) is 4.76. The highest BCUT2D eigenvalue weighted by Gasteiger charge is 2.46. The van der Waals surface area contributed by atoms with Gasteiger partial charge in [-0.25, -0.2) is 0 Å². The number of likely N-dealkylation sites (tertiary alicyclic amines) is 1. The molecule has 0 unspecified atom stereocenters. The summed E-state index contributed by atoms with van der Waals surface area (Å²) in [6, 6.07) is 6.26. The van der Waals surface area contributed by atoms with E-state index >= 15 is 0 Å². The molecule has 23 heavy (non-hydrogen) atoms. The molecule has 0 spiro atoms. The number of carbonyl (C=O) groups is 1. The molecule has 1 aliphatic rings. The first-order valence-corrected chi connectivity index (χ1v) is 7.73. The average Bonchev–Trinajstić information content (AvgIpc) is 2.45. The zero-order valence-corrected chi connectivity index (χ0v) is 13.7. The van der Waals surface area contributed by atoms with E-state index in [0.717, 1.165) is 0 Å². The van der Waals surface area contributed by atoms with Gasteiger partial charge in [-0.2, -0.15) is 13.2 Å². The predicted octanol–water partition coefficient (Wildman–Crippen LogP) is 3.90. The van der Waals surface area contributed by atoms with Crippen LogP contribution in [0, 0.1) is 5.92 Å². The number of primary amides is 1. The molecule has 2 atom stereocenters. The summed E-state index contributed by atoms with van der Waals surface area (Å²) in [7, 11) is 0. The fourth-order valence-corrected chi connectivity index (χ4v) is 3.28. The number of piperidine rings is 1. The van der Waals surface area contributed by atoms with Crippen LogP contribution in [0.2, 0.25) is 0 Å². The fourth-order valence-electron chi connectivity index (χ4n) is 3.28. The van der Waals surface area contributed by atoms with Gasteiger partial charge in [0.1, 0.15) is 0 Å². The van der Waals surface area contributed by atoms with Gasteiger partial charge in [0.25, 0.3) is 0 Å². The number of nitrogens with zero attached hydrogens (tertiary/aromatic N) is 1. The Labute approximate surface area is 134 Å². The molecule has 128 valence electrons. The van der Waals surface area contributed by atoms with E-state index < -0.39 is 18.0 Å². The number of benzene rings is 1. The maximum atomic E-state index is 13.2. The summed E-state index contributed by atoms with van der Waals surface area (Å²) in [4.78, 5) is 13.4. The van der Waals surface area contributed by atoms with Crippen LogP contribution in [-0.4, -0.2) is 29.1 Å². The summed E-state index contributed by atoms with van der Waals surface area (Å²) in [6.45, 7) is 6.35. The molecule has 1 aromatic carbocycles. The highest BCUT2D eigenvalue weighted by molar-refractivity contribution is 5.92. The van der Waals surface area contributed by atoms with E-state index in [9.17, 15) is 18.0 Å². The van der Waals surface area contributed by atoms with Crippen LogP contribution in [0.15, 0.2) is 24.3 Å². The molecule has 6 heteroatoms. The lowest BCUT2D eigenvalue weighted by molar-refractivity contribution is -0.194. The molecule has 0 aromatic heterocycles. The Bertz CT molecular complexity index is 578. The second kappa shape index (κ2) is 6.15. The molecule has 2 rings (SSSR count). The van der Waals surface area contributed by atoms with Crippen LogP contribution in [0.4, 0.5) is 13.2 Å². The quantitative estimate of drug-likeness (QED) is 0.895. The maximum absolute atomic E-state index is 13.2. The third-order valence-corrected chi connectivity index (χ3v) is 4.48. The summed E-state index contributed by atoms with van der Waals surface area (Å²) < 4.78 is 39.5. The molecule has 0 saturated carbocycles. The normalized spacial score (nSPS) is 23.7. The molecule has 0 aliphatic carbocycles. The molecule has 1 aliphatic heterocycles. The summed E-state index contributed by atoms with van der Waals surface area (Å²) in [5.74, 6) is -1.89. The lowest BCUT2D eigenvalue weighted by Crippen LogP contribution is -2.50. The van der Waals surface area contributed by atoms with Gasteiger partial charge in [0.15, 0.2) is 0 Å². The van der Waals surface area contributed by atoms with E-state index in [2.05, 4.69) is 4.90 Å². The van der Waals surface area contributed by atoms with E-state index in [-0.39, 0.29) is 24.4 Å². The molecule has 3 nitrogen and oxygen atoms in total. The van der Waals surface area contributed by atoms with E-state index in [1.807, 2.05) is 20.8 Å². The van der Waals surface area contributed by atoms with E-state index in [1.165, 1.54) is 0 Å². The SMILES string of the molecule is CC(C)(C)N1CC[C@@H](C(F)(F)F)C[C@H]1c1cccc(C(N)=O)c1. The summed E-state index contributed by atoms with van der Waals surface area (Å²) in [5.41, 5.74) is 6.07. The van der Waals surface area contributed by atoms with Crippen LogP contribution in [-0.2, 0) is 0 Å². The topological polar surface area (TPSA) is 46.3 Å². The van der Waals surface area contributed by atoms with Crippen LogP contribution in [0.1, 0.15) is 55.6 Å². The Balaban J connectivity index is 2.39. The smallest absolute Gasteiger partial charge is 0.366 e. The van der Waals surface area contributed by atoms with Crippen molar-refractivity contribution in [1.82, 2.24) is 4.90 Å². The van der Waals surface area contributed by atoms with Gasteiger partial charge in [-0.15, -0.1) is 0 Å². The number of alkyl halides is 3. The highest BCUT2D eigenvalue weighted by atomic mass is 19.4. The fraction of sp³-hybridized carbons (Fsp3) is 0.588. The number of hydrogen-bond acceptors (Lipinski definition) is 2. The zero-order chi connectivity index (χ0) is 17.4. The first-order chi connectivity index (χ1) is 10.5. The van der Waals surface area contributed by atoms with Crippen molar-refractivity contribution >= 4 is 5.91 Å². The molecule has 1 heterocycles. The lowest BCUT2D eigenvalue weighted by atomic mass is 9.83. The lowest BCUT2D eigenvalue weighted by Gasteiger charge is -2.47. The van der Waals surface area contributed by atoms with Gasteiger partial charge in [0.05, 0.1) is 5.92 Å². The molecule has 1 amide bonds. The molecular formula is C17H23F3N2O. The number of nitrogens with two attached hydrogens (primary N) is 1. The predicted molar refractivity (Wildman–Crippen MR) is 82.9 cm³/mol. The van der Waals surface area contributed by atoms with Crippen LogP contribution in [0.3, 0.4) is 0 Å². The van der Waals surface area contributed by atoms with Gasteiger partial charge in [-0.1, -0.05) is 12.1 Å². The number of amides is 1. The van der Waals surface area contributed by atoms with E-state index in [4.69, 9.17) is 5.73 Å². The first-order valence-electron chi connectivity index (χ1n) is 7.73. The van der Waals surface area contributed by atoms with Gasteiger partial charge < -0.3 is 5.73 Å². The third kappa shape index (κ3) is 4.05. The van der Waals surface area contributed by atoms with Crippen molar-refractivity contribution < 1.29 is 18.0 Å². The van der Waals surface area contributed by atoms with Crippen molar-refractivity contribution in [3.63, 3.8) is 0 Å². The van der Waals surface area contributed by atoms with Gasteiger partial charge in [0.2, 0.25) is 5.91 Å². The Morgan fingerprint density at radius 1 is 1.26 bits per heavy atom. The molecule has 1 saturated heterocycles. The number of hydrogen-bond donors (Lipinski definition) is 1. The summed E-state index contributed by atoms with van der Waals surface area (Å²) >= 11 is 0. The second-order valence-corrected chi connectivity index (χ2v) is 7.13. The number of carbonyl (C=O) groups excluding carboxylic acids is 1. The molecule has 0 bridgehead atoms. The number of rotatable bonds is 2. The standard InChI is InChI=1S/C17H23F3N2O/c1-16(2,3)22-8-7-13(17(18,19)20)10-14(22)11-5-4-6-12(9-11)15(21)23/h4-6,9,13-14H,7-8,10H2,1-3H3,(H2,21,23)/t13-,14+/m1/s1. The van der Waals surface area contributed by atoms with Gasteiger partial charge in [-0.05, 0) is 57.9 Å². The minimum atomic E-state index is -4.19. The van der Waals surface area contributed by atoms with Gasteiger partial charge >= 0.3 is 6.18 Å². The van der Waals surface area contributed by atoms with Gasteiger partial charge in [0, 0.05) is 17.1 Å². The van der Waals surface area contributed by atoms with Crippen LogP contribution in [0.25, 0.3) is 0 Å². The van der Waals surface area contributed by atoms with Crippen molar-refractivity contribution in [3.8, 4) is 0 Å². The number of halogens is 3. The van der Waals surface area contributed by atoms with Gasteiger partial charge in [-0.3, -0.25) is 9.69 Å². The molecule has 1 aromatic rings. The monoisotopic (exact) mass is 328 g/mol. The second-order valence-electron chi connectivity index (χ2n) is 7.13. The third-order valence-electron chi connectivity index (χ3n) is 4.48. The van der Waals surface area contributed by atoms with Crippen molar-refractivity contribution in [2.75, 3.05) is 6.54 Å². The minimum absolute atomic E-state index is 0.00296. The van der Waals surface area contributed by atoms with Crippen molar-refractivity contribution in [2.45, 2.75) is 51.4 Å². The van der Waals surface area contributed by atoms with Crippen molar-refractivity contribution in [1.29, 1.82) is 0 Å². The first kappa shape index (κ1) is 17.8. The summed E-state index contributed by atoms with van der Waals surface area (Å²) in [5, 5.41) is 0. The van der Waals surface area contributed by atoms with E-state index in [0.29, 0.717) is 17.7 Å². The largest absolute Gasteiger partial charge is 0.391 e.